The highest BCUT2D eigenvalue weighted by atomic mass is 35.5. The molecule has 116 valence electrons. The van der Waals surface area contributed by atoms with Gasteiger partial charge in [-0.1, -0.05) is 29.8 Å². The van der Waals surface area contributed by atoms with Crippen molar-refractivity contribution in [1.29, 1.82) is 0 Å². The summed E-state index contributed by atoms with van der Waals surface area (Å²) in [5.41, 5.74) is 1.16. The first-order chi connectivity index (χ1) is 10.7. The van der Waals surface area contributed by atoms with Crippen LogP contribution in [0.3, 0.4) is 0 Å². The number of nitrogens with zero attached hydrogens (tertiary/aromatic N) is 3. The first-order valence-corrected chi connectivity index (χ1v) is 8.10. The predicted octanol–water partition coefficient (Wildman–Crippen LogP) is 3.33. The molecule has 1 aromatic heterocycles. The Morgan fingerprint density at radius 3 is 3.00 bits per heavy atom. The fourth-order valence-electron chi connectivity index (χ4n) is 3.04. The normalized spacial score (nSPS) is 17.9. The van der Waals surface area contributed by atoms with Crippen molar-refractivity contribution in [3.8, 4) is 0 Å². The summed E-state index contributed by atoms with van der Waals surface area (Å²) in [5.74, 6) is 0.612. The second-order valence-electron chi connectivity index (χ2n) is 5.75. The molecule has 2 aromatic rings. The largest absolute Gasteiger partial charge is 0.342 e. The molecule has 0 spiro atoms. The average molecular weight is 318 g/mol. The highest BCUT2D eigenvalue weighted by molar-refractivity contribution is 6.31. The van der Waals surface area contributed by atoms with Gasteiger partial charge >= 0.3 is 0 Å². The summed E-state index contributed by atoms with van der Waals surface area (Å²) in [4.78, 5) is 18.3. The highest BCUT2D eigenvalue weighted by Gasteiger charge is 2.27. The summed E-state index contributed by atoms with van der Waals surface area (Å²) in [6.45, 7) is 2.46. The summed E-state index contributed by atoms with van der Waals surface area (Å²) in [7, 11) is 0. The Labute approximate surface area is 135 Å². The third-order valence-electron chi connectivity index (χ3n) is 4.25. The van der Waals surface area contributed by atoms with E-state index in [0.717, 1.165) is 43.1 Å². The number of aryl methyl sites for hydroxylation is 1. The third kappa shape index (κ3) is 3.50. The second-order valence-corrected chi connectivity index (χ2v) is 6.16. The lowest BCUT2D eigenvalue weighted by atomic mass is 9.98. The topological polar surface area (TPSA) is 38.1 Å². The maximum absolute atomic E-state index is 12.3. The van der Waals surface area contributed by atoms with Crippen molar-refractivity contribution < 1.29 is 4.79 Å². The fourth-order valence-corrected chi connectivity index (χ4v) is 3.33. The molecule has 0 aliphatic carbocycles. The van der Waals surface area contributed by atoms with Crippen LogP contribution in [0.1, 0.15) is 30.7 Å². The van der Waals surface area contributed by atoms with Crippen molar-refractivity contribution in [2.45, 2.75) is 31.7 Å². The summed E-state index contributed by atoms with van der Waals surface area (Å²) < 4.78 is 2.00. The molecule has 1 saturated heterocycles. The Hall–Kier alpha value is -1.81. The molecule has 0 unspecified atom stereocenters. The molecule has 5 heteroatoms. The zero-order chi connectivity index (χ0) is 15.4. The molecule has 0 radical (unpaired) electrons. The summed E-state index contributed by atoms with van der Waals surface area (Å²) >= 11 is 6.26. The molecule has 0 N–H and O–H groups in total. The van der Waals surface area contributed by atoms with Crippen molar-refractivity contribution in [3.63, 3.8) is 0 Å². The molecule has 4 nitrogen and oxygen atoms in total. The van der Waals surface area contributed by atoms with E-state index in [0.29, 0.717) is 12.3 Å². The van der Waals surface area contributed by atoms with Gasteiger partial charge in [0, 0.05) is 49.4 Å². The van der Waals surface area contributed by atoms with Gasteiger partial charge in [-0.05, 0) is 24.5 Å². The number of amides is 1. The SMILES string of the molecule is O=C(CCCn1ccnc1)N1CC[C@H](c2ccccc2Cl)C1. The Bertz CT molecular complexity index is 627. The van der Waals surface area contributed by atoms with E-state index in [-0.39, 0.29) is 5.91 Å². The van der Waals surface area contributed by atoms with Crippen molar-refractivity contribution in [1.82, 2.24) is 14.5 Å². The van der Waals surface area contributed by atoms with E-state index < -0.39 is 0 Å². The molecule has 3 rings (SSSR count). The zero-order valence-corrected chi connectivity index (χ0v) is 13.2. The zero-order valence-electron chi connectivity index (χ0n) is 12.5. The Morgan fingerprint density at radius 2 is 2.23 bits per heavy atom. The first-order valence-electron chi connectivity index (χ1n) is 7.72. The Kier molecular flexibility index (Phi) is 4.78. The van der Waals surface area contributed by atoms with E-state index in [1.54, 1.807) is 12.5 Å². The molecule has 0 bridgehead atoms. The summed E-state index contributed by atoms with van der Waals surface area (Å²) in [6, 6.07) is 7.95. The number of rotatable bonds is 5. The van der Waals surface area contributed by atoms with Gasteiger partial charge in [-0.25, -0.2) is 4.98 Å². The lowest BCUT2D eigenvalue weighted by Gasteiger charge is -2.17. The number of hydrogen-bond acceptors (Lipinski definition) is 2. The number of halogens is 1. The van der Waals surface area contributed by atoms with Gasteiger partial charge in [0.1, 0.15) is 0 Å². The number of aromatic nitrogens is 2. The molecular weight excluding hydrogens is 298 g/mol. The number of carbonyl (C=O) groups is 1. The van der Waals surface area contributed by atoms with E-state index in [9.17, 15) is 4.79 Å². The quantitative estimate of drug-likeness (QED) is 0.848. The van der Waals surface area contributed by atoms with Crippen molar-refractivity contribution >= 4 is 17.5 Å². The first kappa shape index (κ1) is 15.1. The van der Waals surface area contributed by atoms with Gasteiger partial charge in [-0.2, -0.15) is 0 Å². The standard InChI is InChI=1S/C17H20ClN3O/c18-16-5-2-1-4-15(16)14-7-10-21(12-14)17(22)6-3-9-20-11-8-19-13-20/h1-2,4-5,8,11,13-14H,3,6-7,9-10,12H2/t14-/m0/s1. The minimum absolute atomic E-state index is 0.245. The van der Waals surface area contributed by atoms with Crippen molar-refractivity contribution in [2.75, 3.05) is 13.1 Å². The van der Waals surface area contributed by atoms with Gasteiger partial charge in [0.15, 0.2) is 0 Å². The van der Waals surface area contributed by atoms with E-state index in [1.807, 2.05) is 33.9 Å². The smallest absolute Gasteiger partial charge is 0.222 e. The molecule has 2 heterocycles. The van der Waals surface area contributed by atoms with Gasteiger partial charge in [0.05, 0.1) is 6.33 Å². The third-order valence-corrected chi connectivity index (χ3v) is 4.60. The van der Waals surface area contributed by atoms with E-state index in [1.165, 1.54) is 0 Å². The van der Waals surface area contributed by atoms with Crippen LogP contribution < -0.4 is 0 Å². The summed E-state index contributed by atoms with van der Waals surface area (Å²) in [6.07, 6.45) is 7.91. The number of likely N-dealkylation sites (tertiary alicyclic amines) is 1. The molecule has 1 aliphatic rings. The molecule has 1 amide bonds. The number of hydrogen-bond donors (Lipinski definition) is 0. The molecular formula is C17H20ClN3O. The number of benzene rings is 1. The molecule has 1 aliphatic heterocycles. The number of carbonyl (C=O) groups excluding carboxylic acids is 1. The molecule has 1 aromatic carbocycles. The monoisotopic (exact) mass is 317 g/mol. The predicted molar refractivity (Wildman–Crippen MR) is 86.9 cm³/mol. The maximum atomic E-state index is 12.3. The van der Waals surface area contributed by atoms with Gasteiger partial charge < -0.3 is 9.47 Å². The van der Waals surface area contributed by atoms with E-state index in [2.05, 4.69) is 11.1 Å². The molecule has 0 saturated carbocycles. The molecule has 1 fully saturated rings. The maximum Gasteiger partial charge on any atom is 0.222 e. The van der Waals surface area contributed by atoms with E-state index >= 15 is 0 Å². The van der Waals surface area contributed by atoms with Gasteiger partial charge in [0.25, 0.3) is 0 Å². The lowest BCUT2D eigenvalue weighted by molar-refractivity contribution is -0.130. The van der Waals surface area contributed by atoms with Gasteiger partial charge in [-0.3, -0.25) is 4.79 Å². The van der Waals surface area contributed by atoms with E-state index in [4.69, 9.17) is 11.6 Å². The molecule has 1 atom stereocenters. The second kappa shape index (κ2) is 6.97. The minimum atomic E-state index is 0.245. The van der Waals surface area contributed by atoms with Gasteiger partial charge in [0.2, 0.25) is 5.91 Å². The van der Waals surface area contributed by atoms with Crippen LogP contribution in [0.5, 0.6) is 0 Å². The van der Waals surface area contributed by atoms with Crippen LogP contribution in [-0.4, -0.2) is 33.4 Å². The lowest BCUT2D eigenvalue weighted by Crippen LogP contribution is -2.28. The highest BCUT2D eigenvalue weighted by Crippen LogP contribution is 2.32. The summed E-state index contributed by atoms with van der Waals surface area (Å²) in [5, 5.41) is 0.807. The van der Waals surface area contributed by atoms with Crippen LogP contribution >= 0.6 is 11.6 Å². The van der Waals surface area contributed by atoms with Crippen LogP contribution in [-0.2, 0) is 11.3 Å². The van der Waals surface area contributed by atoms with Crippen LogP contribution in [0.25, 0.3) is 0 Å². The molecule has 22 heavy (non-hydrogen) atoms. The Balaban J connectivity index is 1.49. The van der Waals surface area contributed by atoms with Crippen LogP contribution in [0, 0.1) is 0 Å². The van der Waals surface area contributed by atoms with Crippen LogP contribution in [0.2, 0.25) is 5.02 Å². The number of imidazole rings is 1. The van der Waals surface area contributed by atoms with Crippen LogP contribution in [0.15, 0.2) is 43.0 Å². The van der Waals surface area contributed by atoms with Crippen LogP contribution in [0.4, 0.5) is 0 Å². The fraction of sp³-hybridized carbons (Fsp3) is 0.412. The van der Waals surface area contributed by atoms with Crippen molar-refractivity contribution in [2.24, 2.45) is 0 Å². The Morgan fingerprint density at radius 1 is 1.36 bits per heavy atom. The minimum Gasteiger partial charge on any atom is -0.342 e. The van der Waals surface area contributed by atoms with Crippen molar-refractivity contribution in [3.05, 3.63) is 53.6 Å². The average Bonchev–Trinajstić information content (AvgIpc) is 3.19. The van der Waals surface area contributed by atoms with Gasteiger partial charge in [-0.15, -0.1) is 0 Å².